The van der Waals surface area contributed by atoms with Gasteiger partial charge in [-0.05, 0) is 37.0 Å². The summed E-state index contributed by atoms with van der Waals surface area (Å²) in [6.45, 7) is 6.10. The molecule has 0 radical (unpaired) electrons. The molecule has 4 nitrogen and oxygen atoms in total. The Morgan fingerprint density at radius 3 is 2.43 bits per heavy atom. The summed E-state index contributed by atoms with van der Waals surface area (Å²) >= 11 is 0. The quantitative estimate of drug-likeness (QED) is 0.800. The first-order valence-electron chi connectivity index (χ1n) is 7.69. The number of benzene rings is 1. The van der Waals surface area contributed by atoms with E-state index in [-0.39, 0.29) is 0 Å². The number of aliphatic hydroxyl groups excluding tert-OH is 1. The molecule has 1 fully saturated rings. The molecule has 1 unspecified atom stereocenters. The molecule has 1 atom stereocenters. The Morgan fingerprint density at radius 2 is 1.90 bits per heavy atom. The average Bonchev–Trinajstić information content (AvgIpc) is 3.29. The van der Waals surface area contributed by atoms with Gasteiger partial charge in [-0.15, -0.1) is 0 Å². The van der Waals surface area contributed by atoms with Gasteiger partial charge >= 0.3 is 0 Å². The van der Waals surface area contributed by atoms with Crippen molar-refractivity contribution in [3.63, 3.8) is 0 Å². The van der Waals surface area contributed by atoms with Crippen molar-refractivity contribution in [3.8, 4) is 11.5 Å². The first-order chi connectivity index (χ1) is 10.0. The number of hydrogen-bond donors (Lipinski definition) is 1. The fraction of sp³-hybridized carbons (Fsp3) is 0.647. The molecule has 0 aliphatic heterocycles. The van der Waals surface area contributed by atoms with Gasteiger partial charge in [0.1, 0.15) is 11.5 Å². The van der Waals surface area contributed by atoms with Gasteiger partial charge in [-0.2, -0.15) is 0 Å². The van der Waals surface area contributed by atoms with Crippen LogP contribution >= 0.6 is 0 Å². The summed E-state index contributed by atoms with van der Waals surface area (Å²) < 4.78 is 10.6. The number of ether oxygens (including phenoxy) is 2. The second kappa shape index (κ2) is 7.14. The van der Waals surface area contributed by atoms with Crippen LogP contribution in [0.25, 0.3) is 0 Å². The van der Waals surface area contributed by atoms with Gasteiger partial charge in [0.2, 0.25) is 0 Å². The van der Waals surface area contributed by atoms with E-state index in [1.807, 2.05) is 18.2 Å². The molecule has 0 amide bonds. The van der Waals surface area contributed by atoms with Gasteiger partial charge in [-0.1, -0.05) is 13.8 Å². The predicted octanol–water partition coefficient (Wildman–Crippen LogP) is 2.86. The van der Waals surface area contributed by atoms with Gasteiger partial charge in [0, 0.05) is 24.7 Å². The van der Waals surface area contributed by atoms with E-state index >= 15 is 0 Å². The molecule has 0 heterocycles. The highest BCUT2D eigenvalue weighted by Crippen LogP contribution is 2.33. The second-order valence-electron chi connectivity index (χ2n) is 6.20. The third-order valence-electron chi connectivity index (χ3n) is 3.87. The number of aliphatic hydroxyl groups is 1. The topological polar surface area (TPSA) is 41.9 Å². The molecule has 0 spiro atoms. The lowest BCUT2D eigenvalue weighted by Gasteiger charge is -2.27. The fourth-order valence-corrected chi connectivity index (χ4v) is 2.70. The Bertz CT molecular complexity index is 457. The third-order valence-corrected chi connectivity index (χ3v) is 3.87. The summed E-state index contributed by atoms with van der Waals surface area (Å²) in [6.07, 6.45) is 1.93. The largest absolute Gasteiger partial charge is 0.497 e. The molecule has 21 heavy (non-hydrogen) atoms. The van der Waals surface area contributed by atoms with Crippen LogP contribution in [0.2, 0.25) is 0 Å². The maximum atomic E-state index is 10.6. The minimum Gasteiger partial charge on any atom is -0.497 e. The van der Waals surface area contributed by atoms with Gasteiger partial charge in [0.15, 0.2) is 0 Å². The number of rotatable bonds is 8. The zero-order valence-electron chi connectivity index (χ0n) is 13.5. The molecule has 0 bridgehead atoms. The SMILES string of the molecule is COc1ccc(OC)c(C(O)CN(CC(C)C)C2CC2)c1. The molecular formula is C17H27NO3. The third kappa shape index (κ3) is 4.35. The molecule has 1 aromatic rings. The molecule has 2 rings (SSSR count). The van der Waals surface area contributed by atoms with Crippen molar-refractivity contribution in [1.29, 1.82) is 0 Å². The van der Waals surface area contributed by atoms with Crippen LogP contribution in [0, 0.1) is 5.92 Å². The normalized spacial score (nSPS) is 16.3. The van der Waals surface area contributed by atoms with Gasteiger partial charge in [0.25, 0.3) is 0 Å². The predicted molar refractivity (Wildman–Crippen MR) is 83.9 cm³/mol. The highest BCUT2D eigenvalue weighted by molar-refractivity contribution is 5.41. The van der Waals surface area contributed by atoms with E-state index in [1.165, 1.54) is 12.8 Å². The monoisotopic (exact) mass is 293 g/mol. The highest BCUT2D eigenvalue weighted by atomic mass is 16.5. The maximum Gasteiger partial charge on any atom is 0.124 e. The average molecular weight is 293 g/mol. The smallest absolute Gasteiger partial charge is 0.124 e. The van der Waals surface area contributed by atoms with Crippen molar-refractivity contribution in [2.45, 2.75) is 38.8 Å². The van der Waals surface area contributed by atoms with Crippen molar-refractivity contribution < 1.29 is 14.6 Å². The van der Waals surface area contributed by atoms with Gasteiger partial charge in [-0.25, -0.2) is 0 Å². The van der Waals surface area contributed by atoms with E-state index in [9.17, 15) is 5.11 Å². The summed E-state index contributed by atoms with van der Waals surface area (Å²) in [6, 6.07) is 6.20. The summed E-state index contributed by atoms with van der Waals surface area (Å²) in [4.78, 5) is 2.40. The Morgan fingerprint density at radius 1 is 1.19 bits per heavy atom. The van der Waals surface area contributed by atoms with Crippen molar-refractivity contribution in [2.75, 3.05) is 27.3 Å². The van der Waals surface area contributed by atoms with Gasteiger partial charge < -0.3 is 14.6 Å². The molecule has 4 heteroatoms. The van der Waals surface area contributed by atoms with E-state index < -0.39 is 6.10 Å². The molecule has 118 valence electrons. The molecule has 0 aromatic heterocycles. The first-order valence-corrected chi connectivity index (χ1v) is 7.69. The van der Waals surface area contributed by atoms with Gasteiger partial charge in [0.05, 0.1) is 20.3 Å². The van der Waals surface area contributed by atoms with Crippen LogP contribution in [0.5, 0.6) is 11.5 Å². The van der Waals surface area contributed by atoms with Gasteiger partial charge in [-0.3, -0.25) is 4.90 Å². The maximum absolute atomic E-state index is 10.6. The Hall–Kier alpha value is -1.26. The molecule has 1 aliphatic rings. The van der Waals surface area contributed by atoms with Crippen LogP contribution in [-0.4, -0.2) is 43.4 Å². The minimum atomic E-state index is -0.561. The zero-order valence-corrected chi connectivity index (χ0v) is 13.5. The zero-order chi connectivity index (χ0) is 15.4. The molecule has 1 N–H and O–H groups in total. The second-order valence-corrected chi connectivity index (χ2v) is 6.20. The van der Waals surface area contributed by atoms with E-state index in [2.05, 4.69) is 18.7 Å². The summed E-state index contributed by atoms with van der Waals surface area (Å²) in [5.41, 5.74) is 0.797. The van der Waals surface area contributed by atoms with Crippen LogP contribution < -0.4 is 9.47 Å². The number of methoxy groups -OCH3 is 2. The summed E-state index contributed by atoms with van der Waals surface area (Å²) in [5.74, 6) is 2.06. The molecule has 0 saturated heterocycles. The van der Waals surface area contributed by atoms with Crippen LogP contribution in [0.4, 0.5) is 0 Å². The molecule has 1 aliphatic carbocycles. The number of nitrogens with zero attached hydrogens (tertiary/aromatic N) is 1. The fourth-order valence-electron chi connectivity index (χ4n) is 2.70. The Kier molecular flexibility index (Phi) is 5.48. The number of hydrogen-bond acceptors (Lipinski definition) is 4. The van der Waals surface area contributed by atoms with Crippen LogP contribution in [-0.2, 0) is 0 Å². The van der Waals surface area contributed by atoms with E-state index in [0.29, 0.717) is 24.3 Å². The Balaban J connectivity index is 2.12. The summed E-state index contributed by atoms with van der Waals surface area (Å²) in [5, 5.41) is 10.6. The van der Waals surface area contributed by atoms with Crippen molar-refractivity contribution in [2.24, 2.45) is 5.92 Å². The van der Waals surface area contributed by atoms with E-state index in [0.717, 1.165) is 17.9 Å². The summed E-state index contributed by atoms with van der Waals surface area (Å²) in [7, 11) is 3.26. The lowest BCUT2D eigenvalue weighted by atomic mass is 10.1. The van der Waals surface area contributed by atoms with Crippen molar-refractivity contribution in [1.82, 2.24) is 4.90 Å². The molecular weight excluding hydrogens is 266 g/mol. The standard InChI is InChI=1S/C17H27NO3/c1-12(2)10-18(13-5-6-13)11-16(19)15-9-14(20-3)7-8-17(15)21-4/h7-9,12-13,16,19H,5-6,10-11H2,1-4H3. The van der Waals surface area contributed by atoms with Crippen molar-refractivity contribution >= 4 is 0 Å². The molecule has 1 aromatic carbocycles. The lowest BCUT2D eigenvalue weighted by Crippen LogP contribution is -2.34. The van der Waals surface area contributed by atoms with Crippen LogP contribution in [0.1, 0.15) is 38.4 Å². The van der Waals surface area contributed by atoms with E-state index in [4.69, 9.17) is 9.47 Å². The first kappa shape index (κ1) is 16.1. The van der Waals surface area contributed by atoms with Crippen LogP contribution in [0.3, 0.4) is 0 Å². The minimum absolute atomic E-state index is 0.561. The lowest BCUT2D eigenvalue weighted by molar-refractivity contribution is 0.0990. The Labute approximate surface area is 127 Å². The van der Waals surface area contributed by atoms with Crippen molar-refractivity contribution in [3.05, 3.63) is 23.8 Å². The van der Waals surface area contributed by atoms with Crippen LogP contribution in [0.15, 0.2) is 18.2 Å². The molecule has 1 saturated carbocycles. The highest BCUT2D eigenvalue weighted by Gasteiger charge is 2.31. The van der Waals surface area contributed by atoms with E-state index in [1.54, 1.807) is 14.2 Å².